The molecule has 0 aliphatic rings. The number of hydrogen-bond acceptors (Lipinski definition) is 2. The molecule has 0 fully saturated rings. The van der Waals surface area contributed by atoms with Gasteiger partial charge in [-0.15, -0.1) is 0 Å². The van der Waals surface area contributed by atoms with Gasteiger partial charge in [0.2, 0.25) is 5.91 Å². The van der Waals surface area contributed by atoms with Crippen LogP contribution in [0.25, 0.3) is 0 Å². The van der Waals surface area contributed by atoms with Crippen LogP contribution in [-0.2, 0) is 4.79 Å². The number of anilines is 1. The first kappa shape index (κ1) is 13.9. The van der Waals surface area contributed by atoms with Crippen molar-refractivity contribution in [3.63, 3.8) is 0 Å². The average Bonchev–Trinajstić information content (AvgIpc) is 2.23. The number of rotatable bonds is 3. The highest BCUT2D eigenvalue weighted by Gasteiger charge is 2.25. The van der Waals surface area contributed by atoms with Gasteiger partial charge in [0.05, 0.1) is 5.41 Å². The number of benzene rings is 1. The van der Waals surface area contributed by atoms with Crippen LogP contribution in [0.15, 0.2) is 22.7 Å². The molecule has 1 aromatic carbocycles. The Bertz CT molecular complexity index is 407. The van der Waals surface area contributed by atoms with Gasteiger partial charge in [-0.05, 0) is 70.6 Å². The number of nitrogens with two attached hydrogens (primary N) is 1. The first-order valence-corrected chi connectivity index (χ1v) is 6.70. The van der Waals surface area contributed by atoms with Crippen molar-refractivity contribution in [3.05, 3.63) is 26.2 Å². The third-order valence-corrected chi connectivity index (χ3v) is 4.63. The molecule has 88 valence electrons. The number of carbonyl (C=O) groups is 1. The molecule has 1 amide bonds. The Balaban J connectivity index is 2.82. The quantitative estimate of drug-likeness (QED) is 0.771. The smallest absolute Gasteiger partial charge is 0.231 e. The zero-order chi connectivity index (χ0) is 12.3. The van der Waals surface area contributed by atoms with Crippen LogP contribution in [0.2, 0.25) is 0 Å². The molecule has 0 aliphatic heterocycles. The van der Waals surface area contributed by atoms with E-state index >= 15 is 0 Å². The molecule has 0 radical (unpaired) electrons. The molecule has 0 atom stereocenters. The van der Waals surface area contributed by atoms with E-state index in [2.05, 4.69) is 43.8 Å². The second-order valence-corrected chi connectivity index (χ2v) is 6.19. The Morgan fingerprint density at radius 1 is 1.56 bits per heavy atom. The highest BCUT2D eigenvalue weighted by molar-refractivity contribution is 14.1. The highest BCUT2D eigenvalue weighted by atomic mass is 127. The van der Waals surface area contributed by atoms with Crippen molar-refractivity contribution in [1.29, 1.82) is 0 Å². The molecule has 0 spiro atoms. The molecule has 16 heavy (non-hydrogen) atoms. The minimum Gasteiger partial charge on any atom is -0.329 e. The normalized spacial score (nSPS) is 11.3. The maximum absolute atomic E-state index is 11.9. The third-order valence-electron chi connectivity index (χ3n) is 2.30. The highest BCUT2D eigenvalue weighted by Crippen LogP contribution is 2.24. The lowest BCUT2D eigenvalue weighted by Gasteiger charge is -2.21. The summed E-state index contributed by atoms with van der Waals surface area (Å²) in [4.78, 5) is 11.9. The summed E-state index contributed by atoms with van der Waals surface area (Å²) in [7, 11) is 0. The van der Waals surface area contributed by atoms with E-state index < -0.39 is 5.41 Å². The van der Waals surface area contributed by atoms with Gasteiger partial charge < -0.3 is 11.1 Å². The minimum atomic E-state index is -0.543. The largest absolute Gasteiger partial charge is 0.329 e. The molecule has 1 aromatic rings. The summed E-state index contributed by atoms with van der Waals surface area (Å²) in [5, 5.41) is 2.86. The molecular weight excluding hydrogens is 383 g/mol. The Kier molecular flexibility index (Phi) is 4.75. The second-order valence-electron chi connectivity index (χ2n) is 4.17. The fraction of sp³-hybridized carbons (Fsp3) is 0.364. The van der Waals surface area contributed by atoms with E-state index in [1.807, 2.05) is 32.0 Å². The number of nitrogens with one attached hydrogen (secondary N) is 1. The lowest BCUT2D eigenvalue weighted by atomic mass is 9.92. The van der Waals surface area contributed by atoms with Crippen LogP contribution in [0.1, 0.15) is 13.8 Å². The summed E-state index contributed by atoms with van der Waals surface area (Å²) in [5.41, 5.74) is 5.79. The minimum absolute atomic E-state index is 0.0619. The van der Waals surface area contributed by atoms with Crippen molar-refractivity contribution in [2.75, 3.05) is 11.9 Å². The monoisotopic (exact) mass is 396 g/mol. The van der Waals surface area contributed by atoms with Crippen LogP contribution in [0.5, 0.6) is 0 Å². The SMILES string of the molecule is CC(C)(CN)C(=O)Nc1ccc(Br)c(I)c1. The Morgan fingerprint density at radius 2 is 2.19 bits per heavy atom. The van der Waals surface area contributed by atoms with Crippen LogP contribution < -0.4 is 11.1 Å². The number of hydrogen-bond donors (Lipinski definition) is 2. The van der Waals surface area contributed by atoms with Gasteiger partial charge in [0.1, 0.15) is 0 Å². The van der Waals surface area contributed by atoms with E-state index in [-0.39, 0.29) is 5.91 Å². The molecule has 3 N–H and O–H groups in total. The Labute approximate surface area is 117 Å². The third kappa shape index (κ3) is 3.43. The fourth-order valence-corrected chi connectivity index (χ4v) is 1.73. The van der Waals surface area contributed by atoms with E-state index in [0.29, 0.717) is 6.54 Å². The van der Waals surface area contributed by atoms with Gasteiger partial charge >= 0.3 is 0 Å². The van der Waals surface area contributed by atoms with E-state index in [1.165, 1.54) is 0 Å². The van der Waals surface area contributed by atoms with Gasteiger partial charge in [0.15, 0.2) is 0 Å². The first-order valence-electron chi connectivity index (χ1n) is 4.83. The standard InChI is InChI=1S/C11H14BrIN2O/c1-11(2,6-14)10(16)15-7-3-4-8(12)9(13)5-7/h3-5H,6,14H2,1-2H3,(H,15,16). The molecule has 0 bridgehead atoms. The molecule has 0 unspecified atom stereocenters. The summed E-state index contributed by atoms with van der Waals surface area (Å²) in [6.45, 7) is 3.98. The van der Waals surface area contributed by atoms with Gasteiger partial charge in [-0.2, -0.15) is 0 Å². The zero-order valence-corrected chi connectivity index (χ0v) is 12.9. The molecule has 0 heterocycles. The van der Waals surface area contributed by atoms with Gasteiger partial charge in [-0.3, -0.25) is 4.79 Å². The zero-order valence-electron chi connectivity index (χ0n) is 9.18. The molecule has 0 aromatic heterocycles. The number of amides is 1. The maximum atomic E-state index is 11.9. The van der Waals surface area contributed by atoms with Crippen LogP contribution in [-0.4, -0.2) is 12.5 Å². The van der Waals surface area contributed by atoms with E-state index in [9.17, 15) is 4.79 Å². The van der Waals surface area contributed by atoms with Crippen LogP contribution in [0.4, 0.5) is 5.69 Å². The van der Waals surface area contributed by atoms with Crippen LogP contribution >= 0.6 is 38.5 Å². The number of carbonyl (C=O) groups excluding carboxylic acids is 1. The summed E-state index contributed by atoms with van der Waals surface area (Å²) < 4.78 is 2.07. The predicted molar refractivity (Wildman–Crippen MR) is 78.3 cm³/mol. The average molecular weight is 397 g/mol. The van der Waals surface area contributed by atoms with Crippen LogP contribution in [0, 0.1) is 8.99 Å². The lowest BCUT2D eigenvalue weighted by molar-refractivity contribution is -0.123. The topological polar surface area (TPSA) is 55.1 Å². The molecular formula is C11H14BrIN2O. The van der Waals surface area contributed by atoms with Crippen molar-refractivity contribution in [3.8, 4) is 0 Å². The van der Waals surface area contributed by atoms with Gasteiger partial charge in [0.25, 0.3) is 0 Å². The maximum Gasteiger partial charge on any atom is 0.231 e. The van der Waals surface area contributed by atoms with Crippen LogP contribution in [0.3, 0.4) is 0 Å². The predicted octanol–water partition coefficient (Wildman–Crippen LogP) is 2.98. The summed E-state index contributed by atoms with van der Waals surface area (Å²) in [5.74, 6) is -0.0619. The summed E-state index contributed by atoms with van der Waals surface area (Å²) in [6, 6.07) is 5.68. The molecule has 0 aliphatic carbocycles. The second kappa shape index (κ2) is 5.46. The fourth-order valence-electron chi connectivity index (χ4n) is 0.967. The molecule has 0 saturated carbocycles. The molecule has 3 nitrogen and oxygen atoms in total. The molecule has 0 saturated heterocycles. The van der Waals surface area contributed by atoms with Crippen molar-refractivity contribution in [1.82, 2.24) is 0 Å². The van der Waals surface area contributed by atoms with Gasteiger partial charge in [0, 0.05) is 20.3 Å². The van der Waals surface area contributed by atoms with Crippen molar-refractivity contribution < 1.29 is 4.79 Å². The van der Waals surface area contributed by atoms with E-state index in [4.69, 9.17) is 5.73 Å². The summed E-state index contributed by atoms with van der Waals surface area (Å²) in [6.07, 6.45) is 0. The van der Waals surface area contributed by atoms with E-state index in [0.717, 1.165) is 13.7 Å². The summed E-state index contributed by atoms with van der Waals surface area (Å²) >= 11 is 5.61. The first-order chi connectivity index (χ1) is 7.36. The van der Waals surface area contributed by atoms with Crippen molar-refractivity contribution >= 4 is 50.1 Å². The molecule has 5 heteroatoms. The Hall–Kier alpha value is -0.140. The molecule has 1 rings (SSSR count). The van der Waals surface area contributed by atoms with Crippen molar-refractivity contribution in [2.45, 2.75) is 13.8 Å². The van der Waals surface area contributed by atoms with Gasteiger partial charge in [-0.25, -0.2) is 0 Å². The lowest BCUT2D eigenvalue weighted by Crippen LogP contribution is -2.37. The number of halogens is 2. The Morgan fingerprint density at radius 3 is 2.69 bits per heavy atom. The van der Waals surface area contributed by atoms with E-state index in [1.54, 1.807) is 0 Å². The van der Waals surface area contributed by atoms with Gasteiger partial charge in [-0.1, -0.05) is 0 Å². The van der Waals surface area contributed by atoms with Crippen molar-refractivity contribution in [2.24, 2.45) is 11.1 Å².